The zero-order valence-corrected chi connectivity index (χ0v) is 13.4. The number of benzene rings is 1. The van der Waals surface area contributed by atoms with E-state index in [2.05, 4.69) is 42.3 Å². The minimum Gasteiger partial charge on any atom is -0.322 e. The first-order valence-corrected chi connectivity index (χ1v) is 8.20. The van der Waals surface area contributed by atoms with Crippen molar-refractivity contribution in [1.29, 1.82) is 0 Å². The van der Waals surface area contributed by atoms with Gasteiger partial charge >= 0.3 is 0 Å². The number of nitrogens with zero attached hydrogens (tertiary/aromatic N) is 1. The van der Waals surface area contributed by atoms with E-state index in [1.54, 1.807) is 0 Å². The SMILES string of the molecule is Cc1ccc(C2NC(C)C(=O)N2CCC2CCC2)c(C)c1. The summed E-state index contributed by atoms with van der Waals surface area (Å²) in [6, 6.07) is 6.44. The first-order valence-electron chi connectivity index (χ1n) is 8.20. The fourth-order valence-electron chi connectivity index (χ4n) is 3.51. The van der Waals surface area contributed by atoms with Crippen molar-refractivity contribution < 1.29 is 4.79 Å². The van der Waals surface area contributed by atoms with Crippen molar-refractivity contribution >= 4 is 5.91 Å². The zero-order valence-electron chi connectivity index (χ0n) is 13.4. The molecule has 1 aliphatic heterocycles. The molecule has 0 spiro atoms. The van der Waals surface area contributed by atoms with Crippen LogP contribution in [0.2, 0.25) is 0 Å². The quantitative estimate of drug-likeness (QED) is 0.921. The summed E-state index contributed by atoms with van der Waals surface area (Å²) >= 11 is 0. The second-order valence-corrected chi connectivity index (χ2v) is 6.77. The van der Waals surface area contributed by atoms with Gasteiger partial charge in [0.1, 0.15) is 6.17 Å². The number of amides is 1. The molecule has 2 fully saturated rings. The second kappa shape index (κ2) is 5.80. The number of rotatable bonds is 4. The highest BCUT2D eigenvalue weighted by molar-refractivity contribution is 5.84. The van der Waals surface area contributed by atoms with Crippen LogP contribution in [0, 0.1) is 19.8 Å². The standard InChI is InChI=1S/C18H26N2O/c1-12-7-8-16(13(2)11-12)17-19-14(3)18(21)20(17)10-9-15-5-4-6-15/h7-8,11,14-15,17,19H,4-6,9-10H2,1-3H3. The predicted octanol–water partition coefficient (Wildman–Crippen LogP) is 3.31. The second-order valence-electron chi connectivity index (χ2n) is 6.77. The molecule has 1 aliphatic carbocycles. The summed E-state index contributed by atoms with van der Waals surface area (Å²) in [6.45, 7) is 7.11. The summed E-state index contributed by atoms with van der Waals surface area (Å²) in [4.78, 5) is 14.5. The third-order valence-corrected chi connectivity index (χ3v) is 5.10. The number of hydrogen-bond acceptors (Lipinski definition) is 2. The van der Waals surface area contributed by atoms with Gasteiger partial charge in [-0.2, -0.15) is 0 Å². The lowest BCUT2D eigenvalue weighted by molar-refractivity contribution is -0.130. The van der Waals surface area contributed by atoms with Crippen LogP contribution in [0.1, 0.15) is 55.5 Å². The van der Waals surface area contributed by atoms with Crippen molar-refractivity contribution in [3.8, 4) is 0 Å². The van der Waals surface area contributed by atoms with Crippen LogP contribution >= 0.6 is 0 Å². The van der Waals surface area contributed by atoms with Crippen LogP contribution < -0.4 is 5.32 Å². The first kappa shape index (κ1) is 14.6. The number of hydrogen-bond donors (Lipinski definition) is 1. The van der Waals surface area contributed by atoms with Gasteiger partial charge in [0.15, 0.2) is 0 Å². The number of carbonyl (C=O) groups is 1. The third-order valence-electron chi connectivity index (χ3n) is 5.10. The van der Waals surface area contributed by atoms with Gasteiger partial charge in [0.2, 0.25) is 5.91 Å². The molecule has 1 aromatic rings. The largest absolute Gasteiger partial charge is 0.322 e. The molecule has 1 saturated carbocycles. The molecule has 1 aromatic carbocycles. The van der Waals surface area contributed by atoms with Crippen molar-refractivity contribution in [2.75, 3.05) is 6.54 Å². The monoisotopic (exact) mass is 286 g/mol. The Balaban J connectivity index is 1.78. The average Bonchev–Trinajstić information content (AvgIpc) is 2.65. The molecule has 3 nitrogen and oxygen atoms in total. The summed E-state index contributed by atoms with van der Waals surface area (Å²) in [5, 5.41) is 3.47. The minimum atomic E-state index is -0.0721. The molecule has 0 aromatic heterocycles. The predicted molar refractivity (Wildman–Crippen MR) is 84.9 cm³/mol. The summed E-state index contributed by atoms with van der Waals surface area (Å²) in [6.07, 6.45) is 5.27. The molecule has 3 rings (SSSR count). The van der Waals surface area contributed by atoms with Crippen LogP contribution in [0.25, 0.3) is 0 Å². The third kappa shape index (κ3) is 2.84. The number of carbonyl (C=O) groups excluding carboxylic acids is 1. The van der Waals surface area contributed by atoms with Crippen LogP contribution in [0.3, 0.4) is 0 Å². The lowest BCUT2D eigenvalue weighted by Gasteiger charge is -2.30. The zero-order chi connectivity index (χ0) is 15.0. The smallest absolute Gasteiger partial charge is 0.241 e. The van der Waals surface area contributed by atoms with E-state index in [9.17, 15) is 4.79 Å². The molecule has 1 N–H and O–H groups in total. The molecule has 2 atom stereocenters. The van der Waals surface area contributed by atoms with Crippen molar-refractivity contribution in [1.82, 2.24) is 10.2 Å². The molecule has 0 radical (unpaired) electrons. The normalized spacial score (nSPS) is 26.2. The van der Waals surface area contributed by atoms with Crippen LogP contribution in [0.5, 0.6) is 0 Å². The first-order chi connectivity index (χ1) is 10.1. The molecular formula is C18H26N2O. The van der Waals surface area contributed by atoms with Crippen LogP contribution in [0.4, 0.5) is 0 Å². The Morgan fingerprint density at radius 3 is 2.67 bits per heavy atom. The van der Waals surface area contributed by atoms with Gasteiger partial charge < -0.3 is 4.90 Å². The lowest BCUT2D eigenvalue weighted by atomic mass is 9.83. The average molecular weight is 286 g/mol. The topological polar surface area (TPSA) is 32.3 Å². The van der Waals surface area contributed by atoms with Crippen LogP contribution in [-0.4, -0.2) is 23.4 Å². The highest BCUT2D eigenvalue weighted by Gasteiger charge is 2.37. The Morgan fingerprint density at radius 1 is 1.29 bits per heavy atom. The highest BCUT2D eigenvalue weighted by atomic mass is 16.2. The maximum atomic E-state index is 12.4. The molecule has 2 aliphatic rings. The molecule has 114 valence electrons. The summed E-state index contributed by atoms with van der Waals surface area (Å²) in [7, 11) is 0. The number of aryl methyl sites for hydroxylation is 2. The van der Waals surface area contributed by atoms with Gasteiger partial charge in [-0.05, 0) is 44.2 Å². The lowest BCUT2D eigenvalue weighted by Crippen LogP contribution is -2.33. The molecule has 2 unspecified atom stereocenters. The van der Waals surface area contributed by atoms with E-state index in [-0.39, 0.29) is 18.1 Å². The van der Waals surface area contributed by atoms with Gasteiger partial charge in [-0.3, -0.25) is 10.1 Å². The van der Waals surface area contributed by atoms with E-state index in [1.807, 2.05) is 6.92 Å². The van der Waals surface area contributed by atoms with E-state index < -0.39 is 0 Å². The summed E-state index contributed by atoms with van der Waals surface area (Å²) in [5.74, 6) is 1.09. The van der Waals surface area contributed by atoms with E-state index in [1.165, 1.54) is 36.0 Å². The molecule has 1 heterocycles. The van der Waals surface area contributed by atoms with Crippen molar-refractivity contribution in [3.63, 3.8) is 0 Å². The van der Waals surface area contributed by atoms with Crippen molar-refractivity contribution in [3.05, 3.63) is 34.9 Å². The van der Waals surface area contributed by atoms with Crippen LogP contribution in [-0.2, 0) is 4.79 Å². The number of nitrogens with one attached hydrogen (secondary N) is 1. The Hall–Kier alpha value is -1.35. The van der Waals surface area contributed by atoms with Gasteiger partial charge in [0, 0.05) is 6.54 Å². The molecular weight excluding hydrogens is 260 g/mol. The molecule has 21 heavy (non-hydrogen) atoms. The van der Waals surface area contributed by atoms with Gasteiger partial charge in [0.25, 0.3) is 0 Å². The fourth-order valence-corrected chi connectivity index (χ4v) is 3.51. The van der Waals surface area contributed by atoms with E-state index >= 15 is 0 Å². The Kier molecular flexibility index (Phi) is 4.03. The van der Waals surface area contributed by atoms with Crippen molar-refractivity contribution in [2.24, 2.45) is 5.92 Å². The summed E-state index contributed by atoms with van der Waals surface area (Å²) in [5.41, 5.74) is 3.78. The summed E-state index contributed by atoms with van der Waals surface area (Å²) < 4.78 is 0. The molecule has 1 amide bonds. The van der Waals surface area contributed by atoms with Gasteiger partial charge in [-0.15, -0.1) is 0 Å². The van der Waals surface area contributed by atoms with E-state index in [0.29, 0.717) is 0 Å². The Bertz CT molecular complexity index is 536. The molecule has 3 heteroatoms. The fraction of sp³-hybridized carbons (Fsp3) is 0.611. The van der Waals surface area contributed by atoms with Crippen molar-refractivity contribution in [2.45, 2.75) is 58.7 Å². The Morgan fingerprint density at radius 2 is 2.05 bits per heavy atom. The van der Waals surface area contributed by atoms with Crippen LogP contribution in [0.15, 0.2) is 18.2 Å². The highest BCUT2D eigenvalue weighted by Crippen LogP contribution is 2.33. The Labute approximate surface area is 127 Å². The van der Waals surface area contributed by atoms with E-state index in [0.717, 1.165) is 18.9 Å². The maximum Gasteiger partial charge on any atom is 0.241 e. The van der Waals surface area contributed by atoms with Gasteiger partial charge in [-0.1, -0.05) is 43.0 Å². The van der Waals surface area contributed by atoms with Gasteiger partial charge in [0.05, 0.1) is 6.04 Å². The molecule has 0 bridgehead atoms. The molecule has 1 saturated heterocycles. The minimum absolute atomic E-state index is 0.0492. The van der Waals surface area contributed by atoms with E-state index in [4.69, 9.17) is 0 Å². The maximum absolute atomic E-state index is 12.4. The van der Waals surface area contributed by atoms with Gasteiger partial charge in [-0.25, -0.2) is 0 Å².